The molecule has 0 radical (unpaired) electrons. The predicted octanol–water partition coefficient (Wildman–Crippen LogP) is 3.34. The second-order valence-corrected chi connectivity index (χ2v) is 7.82. The fraction of sp³-hybridized carbons (Fsp3) is 0.320. The number of amides is 1. The molecule has 1 saturated heterocycles. The second-order valence-electron chi connectivity index (χ2n) is 7.82. The van der Waals surface area contributed by atoms with E-state index in [1.807, 2.05) is 48.5 Å². The van der Waals surface area contributed by atoms with E-state index in [1.54, 1.807) is 6.26 Å². The van der Waals surface area contributed by atoms with Crippen LogP contribution in [0.25, 0.3) is 0 Å². The molecule has 4 nitrogen and oxygen atoms in total. The average molecular weight is 390 g/mol. The average Bonchev–Trinajstić information content (AvgIpc) is 3.48. The summed E-state index contributed by atoms with van der Waals surface area (Å²) in [6.45, 7) is 2.88. The van der Waals surface area contributed by atoms with Gasteiger partial charge in [-0.1, -0.05) is 60.7 Å². The van der Waals surface area contributed by atoms with Crippen LogP contribution in [0.4, 0.5) is 0 Å². The molecule has 1 aliphatic rings. The van der Waals surface area contributed by atoms with Crippen LogP contribution < -0.4 is 10.2 Å². The molecule has 0 unspecified atom stereocenters. The predicted molar refractivity (Wildman–Crippen MR) is 114 cm³/mol. The highest BCUT2D eigenvalue weighted by molar-refractivity contribution is 5.77. The Morgan fingerprint density at radius 3 is 2.07 bits per heavy atom. The van der Waals surface area contributed by atoms with Crippen LogP contribution in [0.3, 0.4) is 0 Å². The van der Waals surface area contributed by atoms with E-state index in [1.165, 1.54) is 28.9 Å². The third kappa shape index (κ3) is 4.96. The Hall–Kier alpha value is -2.85. The Labute approximate surface area is 172 Å². The van der Waals surface area contributed by atoms with Gasteiger partial charge < -0.3 is 14.6 Å². The van der Waals surface area contributed by atoms with Crippen molar-refractivity contribution in [1.82, 2.24) is 5.32 Å². The molecule has 1 fully saturated rings. The number of carbonyl (C=O) groups excluding carboxylic acids is 1. The summed E-state index contributed by atoms with van der Waals surface area (Å²) < 4.78 is 5.69. The Morgan fingerprint density at radius 2 is 1.52 bits per heavy atom. The summed E-state index contributed by atoms with van der Waals surface area (Å²) in [5.41, 5.74) is 2.34. The molecule has 4 rings (SSSR count). The maximum atomic E-state index is 12.9. The first kappa shape index (κ1) is 19.5. The van der Waals surface area contributed by atoms with E-state index in [4.69, 9.17) is 4.42 Å². The number of furan rings is 1. The van der Waals surface area contributed by atoms with Gasteiger partial charge in [-0.25, -0.2) is 0 Å². The zero-order valence-electron chi connectivity index (χ0n) is 16.7. The summed E-state index contributed by atoms with van der Waals surface area (Å²) in [5.74, 6) is 1.10. The van der Waals surface area contributed by atoms with Gasteiger partial charge >= 0.3 is 0 Å². The van der Waals surface area contributed by atoms with Crippen LogP contribution >= 0.6 is 0 Å². The zero-order valence-corrected chi connectivity index (χ0v) is 16.7. The van der Waals surface area contributed by atoms with Crippen LogP contribution in [0.1, 0.15) is 48.1 Å². The summed E-state index contributed by atoms with van der Waals surface area (Å²) in [7, 11) is 0. The van der Waals surface area contributed by atoms with E-state index in [0.717, 1.165) is 18.8 Å². The highest BCUT2D eigenvalue weighted by Crippen LogP contribution is 2.27. The summed E-state index contributed by atoms with van der Waals surface area (Å²) in [6.07, 6.45) is 4.64. The van der Waals surface area contributed by atoms with Crippen molar-refractivity contribution in [2.45, 2.75) is 31.2 Å². The fourth-order valence-corrected chi connectivity index (χ4v) is 4.39. The summed E-state index contributed by atoms with van der Waals surface area (Å²) in [4.78, 5) is 14.4. The van der Waals surface area contributed by atoms with Gasteiger partial charge in [-0.3, -0.25) is 4.79 Å². The van der Waals surface area contributed by atoms with E-state index in [-0.39, 0.29) is 17.9 Å². The number of nitrogens with one attached hydrogen (secondary N) is 2. The molecule has 4 heteroatoms. The molecule has 29 heavy (non-hydrogen) atoms. The normalized spacial score (nSPS) is 15.5. The highest BCUT2D eigenvalue weighted by Gasteiger charge is 2.30. The Balaban J connectivity index is 1.45. The molecular weight excluding hydrogens is 360 g/mol. The zero-order chi connectivity index (χ0) is 19.9. The molecule has 2 N–H and O–H groups in total. The molecular formula is C25H29N2O2+. The first-order valence-electron chi connectivity index (χ1n) is 10.6. The maximum absolute atomic E-state index is 12.9. The third-order valence-electron chi connectivity index (χ3n) is 5.92. The number of hydrogen-bond donors (Lipinski definition) is 2. The lowest BCUT2D eigenvalue weighted by atomic mass is 9.88. The molecule has 0 saturated carbocycles. The number of likely N-dealkylation sites (tertiary alicyclic amines) is 1. The van der Waals surface area contributed by atoms with Gasteiger partial charge in [0.2, 0.25) is 5.91 Å². The van der Waals surface area contributed by atoms with E-state index >= 15 is 0 Å². The molecule has 1 aromatic heterocycles. The molecule has 3 aromatic rings. The van der Waals surface area contributed by atoms with Gasteiger partial charge in [0, 0.05) is 25.2 Å². The van der Waals surface area contributed by atoms with Crippen LogP contribution in [0.5, 0.6) is 0 Å². The van der Waals surface area contributed by atoms with Gasteiger partial charge in [0.15, 0.2) is 11.8 Å². The molecule has 2 aromatic carbocycles. The third-order valence-corrected chi connectivity index (χ3v) is 5.92. The van der Waals surface area contributed by atoms with Gasteiger partial charge in [-0.05, 0) is 23.3 Å². The van der Waals surface area contributed by atoms with E-state index in [9.17, 15) is 4.79 Å². The van der Waals surface area contributed by atoms with Crippen molar-refractivity contribution in [1.29, 1.82) is 0 Å². The van der Waals surface area contributed by atoms with Gasteiger partial charge in [-0.2, -0.15) is 0 Å². The van der Waals surface area contributed by atoms with Crippen LogP contribution in [0, 0.1) is 0 Å². The van der Waals surface area contributed by atoms with Gasteiger partial charge in [0.1, 0.15) is 0 Å². The summed E-state index contributed by atoms with van der Waals surface area (Å²) in [5, 5.41) is 3.20. The first-order valence-corrected chi connectivity index (χ1v) is 10.6. The molecule has 0 aliphatic carbocycles. The van der Waals surface area contributed by atoms with Gasteiger partial charge in [-0.15, -0.1) is 0 Å². The minimum Gasteiger partial charge on any atom is -0.463 e. The number of quaternary nitrogens is 1. The summed E-state index contributed by atoms with van der Waals surface area (Å²) in [6, 6.07) is 24.7. The van der Waals surface area contributed by atoms with Crippen molar-refractivity contribution >= 4 is 5.91 Å². The molecule has 1 amide bonds. The SMILES string of the molecule is O=C(CC(c1ccccc1)c1ccccc1)NC[C@@H](c1ccco1)[NH+]1CCCC1. The Morgan fingerprint density at radius 1 is 0.897 bits per heavy atom. The minimum absolute atomic E-state index is 0.0543. The van der Waals surface area contributed by atoms with Crippen molar-refractivity contribution in [3.63, 3.8) is 0 Å². The second kappa shape index (κ2) is 9.57. The Bertz CT molecular complexity index is 832. The molecule has 1 atom stereocenters. The molecule has 2 heterocycles. The van der Waals surface area contributed by atoms with Crippen LogP contribution in [0.15, 0.2) is 83.5 Å². The lowest BCUT2D eigenvalue weighted by Crippen LogP contribution is -3.11. The molecule has 0 spiro atoms. The van der Waals surface area contributed by atoms with Crippen molar-refractivity contribution < 1.29 is 14.1 Å². The lowest BCUT2D eigenvalue weighted by Gasteiger charge is -2.24. The van der Waals surface area contributed by atoms with Crippen molar-refractivity contribution in [3.05, 3.63) is 95.9 Å². The number of rotatable bonds is 8. The standard InChI is InChI=1S/C25H28N2O2/c28-25(26-19-23(24-14-9-17-29-24)27-15-7-8-16-27)18-22(20-10-3-1-4-11-20)21-12-5-2-6-13-21/h1-6,9-14,17,22-23H,7-8,15-16,18-19H2,(H,26,28)/p+1/t23-/m0/s1. The number of hydrogen-bond acceptors (Lipinski definition) is 2. The first-order chi connectivity index (χ1) is 14.3. The van der Waals surface area contributed by atoms with Crippen molar-refractivity contribution in [2.75, 3.05) is 19.6 Å². The Kier molecular flexibility index (Phi) is 6.42. The minimum atomic E-state index is 0.0543. The van der Waals surface area contributed by atoms with E-state index in [0.29, 0.717) is 13.0 Å². The molecule has 150 valence electrons. The van der Waals surface area contributed by atoms with Gasteiger partial charge in [0.25, 0.3) is 0 Å². The summed E-state index contributed by atoms with van der Waals surface area (Å²) >= 11 is 0. The van der Waals surface area contributed by atoms with Crippen molar-refractivity contribution in [3.8, 4) is 0 Å². The van der Waals surface area contributed by atoms with Crippen LogP contribution in [-0.2, 0) is 4.79 Å². The lowest BCUT2D eigenvalue weighted by molar-refractivity contribution is -0.919. The topological polar surface area (TPSA) is 46.7 Å². The monoisotopic (exact) mass is 389 g/mol. The largest absolute Gasteiger partial charge is 0.463 e. The smallest absolute Gasteiger partial charge is 0.221 e. The molecule has 0 bridgehead atoms. The van der Waals surface area contributed by atoms with Crippen LogP contribution in [0.2, 0.25) is 0 Å². The number of benzene rings is 2. The molecule has 1 aliphatic heterocycles. The van der Waals surface area contributed by atoms with E-state index in [2.05, 4.69) is 29.6 Å². The number of carbonyl (C=O) groups is 1. The van der Waals surface area contributed by atoms with E-state index < -0.39 is 0 Å². The van der Waals surface area contributed by atoms with Crippen molar-refractivity contribution in [2.24, 2.45) is 0 Å². The quantitative estimate of drug-likeness (QED) is 0.621. The van der Waals surface area contributed by atoms with Crippen LogP contribution in [-0.4, -0.2) is 25.5 Å². The van der Waals surface area contributed by atoms with Gasteiger partial charge in [0.05, 0.1) is 25.9 Å². The highest BCUT2D eigenvalue weighted by atomic mass is 16.3. The fourth-order valence-electron chi connectivity index (χ4n) is 4.39. The maximum Gasteiger partial charge on any atom is 0.221 e.